The number of amides is 1. The zero-order valence-corrected chi connectivity index (χ0v) is 11.4. The summed E-state index contributed by atoms with van der Waals surface area (Å²) in [5, 5.41) is 0. The van der Waals surface area contributed by atoms with Crippen LogP contribution in [0, 0.1) is 5.82 Å². The number of piperazine rings is 1. The average Bonchev–Trinajstić information content (AvgIpc) is 2.38. The van der Waals surface area contributed by atoms with Crippen LogP contribution in [0.5, 0.6) is 0 Å². The second kappa shape index (κ2) is 5.57. The van der Waals surface area contributed by atoms with Crippen LogP contribution < -0.4 is 10.6 Å². The van der Waals surface area contributed by atoms with Crippen molar-refractivity contribution in [1.29, 1.82) is 0 Å². The van der Waals surface area contributed by atoms with Crippen molar-refractivity contribution >= 4 is 11.6 Å². The molecule has 1 aromatic rings. The van der Waals surface area contributed by atoms with E-state index in [0.717, 1.165) is 5.56 Å². The molecule has 1 aliphatic heterocycles. The molecular formula is C14H20FN3O. The molecule has 1 aliphatic rings. The third kappa shape index (κ3) is 2.87. The van der Waals surface area contributed by atoms with Crippen molar-refractivity contribution in [2.24, 2.45) is 5.73 Å². The van der Waals surface area contributed by atoms with Gasteiger partial charge in [-0.15, -0.1) is 0 Å². The van der Waals surface area contributed by atoms with Gasteiger partial charge in [0, 0.05) is 39.1 Å². The normalized spacial score (nSPS) is 17.5. The number of hydrogen-bond donors (Lipinski definition) is 1. The zero-order valence-electron chi connectivity index (χ0n) is 11.4. The number of para-hydroxylation sites is 1. The van der Waals surface area contributed by atoms with Gasteiger partial charge in [0.1, 0.15) is 5.82 Å². The van der Waals surface area contributed by atoms with Crippen molar-refractivity contribution in [3.05, 3.63) is 29.6 Å². The molecule has 0 unspecified atom stereocenters. The molecule has 1 fully saturated rings. The lowest BCUT2D eigenvalue weighted by molar-refractivity contribution is -0.129. The minimum atomic E-state index is -0.244. The highest BCUT2D eigenvalue weighted by Gasteiger charge is 2.23. The number of benzene rings is 1. The highest BCUT2D eigenvalue weighted by molar-refractivity contribution is 5.73. The number of carbonyl (C=O) groups excluding carboxylic acids is 1. The number of nitrogens with zero attached hydrogens (tertiary/aromatic N) is 2. The first-order valence-corrected chi connectivity index (χ1v) is 6.55. The van der Waals surface area contributed by atoms with Crippen LogP contribution in [0.2, 0.25) is 0 Å². The minimum absolute atomic E-state index is 0.0700. The standard InChI is InChI=1S/C14H20FN3O/c1-10(16)12-4-3-5-13(15)14(12)18-8-6-17(7-9-18)11(2)19/h3-5,10H,6-9,16H2,1-2H3/t10-/m0/s1. The maximum atomic E-state index is 14.1. The lowest BCUT2D eigenvalue weighted by atomic mass is 10.0. The van der Waals surface area contributed by atoms with Crippen molar-refractivity contribution in [2.45, 2.75) is 19.9 Å². The van der Waals surface area contributed by atoms with E-state index in [1.165, 1.54) is 6.07 Å². The van der Waals surface area contributed by atoms with Gasteiger partial charge in [0.2, 0.25) is 5.91 Å². The number of anilines is 1. The van der Waals surface area contributed by atoms with E-state index >= 15 is 0 Å². The van der Waals surface area contributed by atoms with Crippen molar-refractivity contribution in [1.82, 2.24) is 4.90 Å². The Morgan fingerprint density at radius 3 is 2.47 bits per heavy atom. The van der Waals surface area contributed by atoms with Crippen LogP contribution in [0.4, 0.5) is 10.1 Å². The van der Waals surface area contributed by atoms with Crippen molar-refractivity contribution in [3.8, 4) is 0 Å². The van der Waals surface area contributed by atoms with Crippen LogP contribution in [-0.2, 0) is 4.79 Å². The van der Waals surface area contributed by atoms with Crippen LogP contribution >= 0.6 is 0 Å². The smallest absolute Gasteiger partial charge is 0.219 e. The summed E-state index contributed by atoms with van der Waals surface area (Å²) in [5.41, 5.74) is 7.31. The maximum Gasteiger partial charge on any atom is 0.219 e. The molecule has 4 nitrogen and oxygen atoms in total. The van der Waals surface area contributed by atoms with E-state index in [2.05, 4.69) is 0 Å². The summed E-state index contributed by atoms with van der Waals surface area (Å²) < 4.78 is 14.1. The van der Waals surface area contributed by atoms with E-state index in [0.29, 0.717) is 31.9 Å². The summed E-state index contributed by atoms with van der Waals surface area (Å²) in [4.78, 5) is 15.1. The maximum absolute atomic E-state index is 14.1. The Labute approximate surface area is 113 Å². The number of nitrogens with two attached hydrogens (primary N) is 1. The molecule has 0 saturated carbocycles. The molecular weight excluding hydrogens is 245 g/mol. The van der Waals surface area contributed by atoms with E-state index in [1.54, 1.807) is 17.9 Å². The Morgan fingerprint density at radius 2 is 1.95 bits per heavy atom. The predicted octanol–water partition coefficient (Wildman–Crippen LogP) is 1.51. The largest absolute Gasteiger partial charge is 0.365 e. The van der Waals surface area contributed by atoms with Crippen molar-refractivity contribution in [2.75, 3.05) is 31.1 Å². The third-order valence-corrected chi connectivity index (χ3v) is 3.55. The fourth-order valence-electron chi connectivity index (χ4n) is 2.48. The summed E-state index contributed by atoms with van der Waals surface area (Å²) in [6.07, 6.45) is 0. The Morgan fingerprint density at radius 1 is 1.32 bits per heavy atom. The summed E-state index contributed by atoms with van der Waals surface area (Å²) in [7, 11) is 0. The molecule has 104 valence electrons. The fraction of sp³-hybridized carbons (Fsp3) is 0.500. The molecule has 0 bridgehead atoms. The van der Waals surface area contributed by atoms with Gasteiger partial charge in [0.05, 0.1) is 5.69 Å². The van der Waals surface area contributed by atoms with Gasteiger partial charge in [-0.25, -0.2) is 4.39 Å². The Kier molecular flexibility index (Phi) is 4.04. The molecule has 1 atom stereocenters. The third-order valence-electron chi connectivity index (χ3n) is 3.55. The summed E-state index contributed by atoms with van der Waals surface area (Å²) in [6.45, 7) is 5.95. The molecule has 0 aliphatic carbocycles. The molecule has 2 N–H and O–H groups in total. The first-order chi connectivity index (χ1) is 9.00. The van der Waals surface area contributed by atoms with Gasteiger partial charge in [0.15, 0.2) is 0 Å². The molecule has 5 heteroatoms. The predicted molar refractivity (Wildman–Crippen MR) is 73.5 cm³/mol. The number of carbonyl (C=O) groups is 1. The topological polar surface area (TPSA) is 49.6 Å². The summed E-state index contributed by atoms with van der Waals surface area (Å²) in [6, 6.07) is 4.79. The van der Waals surface area contributed by atoms with Crippen LogP contribution in [0.3, 0.4) is 0 Å². The molecule has 0 spiro atoms. The van der Waals surface area contributed by atoms with Gasteiger partial charge >= 0.3 is 0 Å². The Balaban J connectivity index is 2.22. The molecule has 1 amide bonds. The number of rotatable bonds is 2. The number of halogens is 1. The van der Waals surface area contributed by atoms with Gasteiger partial charge in [-0.05, 0) is 18.6 Å². The molecule has 1 saturated heterocycles. The van der Waals surface area contributed by atoms with Crippen molar-refractivity contribution < 1.29 is 9.18 Å². The lowest BCUT2D eigenvalue weighted by Crippen LogP contribution is -2.48. The second-order valence-corrected chi connectivity index (χ2v) is 4.96. The molecule has 1 aromatic carbocycles. The van der Waals surface area contributed by atoms with Crippen LogP contribution in [0.15, 0.2) is 18.2 Å². The van der Waals surface area contributed by atoms with E-state index in [9.17, 15) is 9.18 Å². The van der Waals surface area contributed by atoms with E-state index in [-0.39, 0.29) is 17.8 Å². The van der Waals surface area contributed by atoms with Gasteiger partial charge in [-0.3, -0.25) is 4.79 Å². The lowest BCUT2D eigenvalue weighted by Gasteiger charge is -2.37. The van der Waals surface area contributed by atoms with Gasteiger partial charge in [-0.2, -0.15) is 0 Å². The number of hydrogen-bond acceptors (Lipinski definition) is 3. The monoisotopic (exact) mass is 265 g/mol. The van der Waals surface area contributed by atoms with Crippen molar-refractivity contribution in [3.63, 3.8) is 0 Å². The van der Waals surface area contributed by atoms with Gasteiger partial charge in [-0.1, -0.05) is 12.1 Å². The highest BCUT2D eigenvalue weighted by atomic mass is 19.1. The first kappa shape index (κ1) is 13.8. The quantitative estimate of drug-likeness (QED) is 0.882. The molecule has 2 rings (SSSR count). The molecule has 19 heavy (non-hydrogen) atoms. The van der Waals surface area contributed by atoms with Crippen LogP contribution in [0.1, 0.15) is 25.5 Å². The van der Waals surface area contributed by atoms with Gasteiger partial charge in [0.25, 0.3) is 0 Å². The average molecular weight is 265 g/mol. The fourth-order valence-corrected chi connectivity index (χ4v) is 2.48. The molecule has 0 radical (unpaired) electrons. The molecule has 0 aromatic heterocycles. The van der Waals surface area contributed by atoms with E-state index in [1.807, 2.05) is 17.9 Å². The summed E-state index contributed by atoms with van der Waals surface area (Å²) >= 11 is 0. The van der Waals surface area contributed by atoms with E-state index in [4.69, 9.17) is 5.73 Å². The Hall–Kier alpha value is -1.62. The minimum Gasteiger partial charge on any atom is -0.365 e. The summed E-state index contributed by atoms with van der Waals surface area (Å²) in [5.74, 6) is -0.174. The SMILES string of the molecule is CC(=O)N1CCN(c2c(F)cccc2[C@H](C)N)CC1. The first-order valence-electron chi connectivity index (χ1n) is 6.55. The Bertz CT molecular complexity index is 468. The van der Waals surface area contributed by atoms with Crippen LogP contribution in [0.25, 0.3) is 0 Å². The van der Waals surface area contributed by atoms with E-state index < -0.39 is 0 Å². The zero-order chi connectivity index (χ0) is 14.0. The highest BCUT2D eigenvalue weighted by Crippen LogP contribution is 2.29. The van der Waals surface area contributed by atoms with Gasteiger partial charge < -0.3 is 15.5 Å². The molecule has 1 heterocycles. The van der Waals surface area contributed by atoms with Crippen LogP contribution in [-0.4, -0.2) is 37.0 Å². The second-order valence-electron chi connectivity index (χ2n) is 4.96.